The Bertz CT molecular complexity index is 1200. The van der Waals surface area contributed by atoms with Crippen LogP contribution in [0.4, 0.5) is 5.69 Å². The van der Waals surface area contributed by atoms with E-state index in [-0.39, 0.29) is 34.5 Å². The molecule has 0 spiro atoms. The Morgan fingerprint density at radius 2 is 1.81 bits per heavy atom. The lowest BCUT2D eigenvalue weighted by atomic mass is 10.1. The van der Waals surface area contributed by atoms with Gasteiger partial charge in [-0.05, 0) is 25.1 Å². The summed E-state index contributed by atoms with van der Waals surface area (Å²) >= 11 is 6.16. The summed E-state index contributed by atoms with van der Waals surface area (Å²) < 4.78 is 37.6. The first-order valence-corrected chi connectivity index (χ1v) is 11.4. The molecular formula is C21H20ClN3O5S. The molecule has 3 aromatic rings. The highest BCUT2D eigenvalue weighted by Gasteiger charge is 2.29. The summed E-state index contributed by atoms with van der Waals surface area (Å²) in [7, 11) is -3.82. The van der Waals surface area contributed by atoms with Crippen molar-refractivity contribution < 1.29 is 22.5 Å². The monoisotopic (exact) mass is 461 g/mol. The highest BCUT2D eigenvalue weighted by Crippen LogP contribution is 2.29. The largest absolute Gasteiger partial charge is 0.379 e. The highest BCUT2D eigenvalue weighted by molar-refractivity contribution is 7.89. The maximum Gasteiger partial charge on any atom is 0.294 e. The molecule has 0 radical (unpaired) electrons. The minimum atomic E-state index is -3.82. The van der Waals surface area contributed by atoms with E-state index in [1.165, 1.54) is 28.6 Å². The molecule has 1 amide bonds. The molecule has 1 aliphatic rings. The molecule has 4 rings (SSSR count). The van der Waals surface area contributed by atoms with Gasteiger partial charge >= 0.3 is 0 Å². The minimum Gasteiger partial charge on any atom is -0.379 e. The summed E-state index contributed by atoms with van der Waals surface area (Å²) in [6.07, 6.45) is 0. The molecule has 8 nitrogen and oxygen atoms in total. The van der Waals surface area contributed by atoms with Gasteiger partial charge in [0.1, 0.15) is 10.6 Å². The van der Waals surface area contributed by atoms with E-state index in [0.29, 0.717) is 18.9 Å². The molecule has 1 saturated heterocycles. The molecule has 2 aromatic carbocycles. The van der Waals surface area contributed by atoms with Crippen LogP contribution in [0.15, 0.2) is 57.9 Å². The third-order valence-corrected chi connectivity index (χ3v) is 7.24. The SMILES string of the molecule is Cc1ccc(-c2cc(C(=O)Nc3ccc(Cl)c(S(=O)(=O)N4CCOCC4)c3)on2)cc1. The predicted molar refractivity (Wildman–Crippen MR) is 116 cm³/mol. The number of carbonyl (C=O) groups excluding carboxylic acids is 1. The average molecular weight is 462 g/mol. The molecular weight excluding hydrogens is 442 g/mol. The molecule has 31 heavy (non-hydrogen) atoms. The van der Waals surface area contributed by atoms with Crippen LogP contribution in [0.1, 0.15) is 16.1 Å². The number of rotatable bonds is 5. The molecule has 2 heterocycles. The third kappa shape index (κ3) is 4.64. The van der Waals surface area contributed by atoms with Crippen LogP contribution in [-0.4, -0.2) is 50.1 Å². The molecule has 0 unspecified atom stereocenters. The molecule has 162 valence electrons. The molecule has 0 atom stereocenters. The maximum atomic E-state index is 12.9. The number of aromatic nitrogens is 1. The molecule has 0 bridgehead atoms. The van der Waals surface area contributed by atoms with Gasteiger partial charge in [0.05, 0.1) is 18.2 Å². The van der Waals surface area contributed by atoms with Gasteiger partial charge in [-0.15, -0.1) is 0 Å². The highest BCUT2D eigenvalue weighted by atomic mass is 35.5. The first-order valence-electron chi connectivity index (χ1n) is 9.57. The summed E-state index contributed by atoms with van der Waals surface area (Å²) in [6.45, 7) is 3.11. The van der Waals surface area contributed by atoms with Crippen LogP contribution >= 0.6 is 11.6 Å². The Hall–Kier alpha value is -2.72. The minimum absolute atomic E-state index is 0.00288. The van der Waals surface area contributed by atoms with E-state index >= 15 is 0 Å². The molecule has 10 heteroatoms. The van der Waals surface area contributed by atoms with Crippen LogP contribution in [0.25, 0.3) is 11.3 Å². The van der Waals surface area contributed by atoms with Crippen LogP contribution in [-0.2, 0) is 14.8 Å². The zero-order valence-corrected chi connectivity index (χ0v) is 18.2. The lowest BCUT2D eigenvalue weighted by Crippen LogP contribution is -2.40. The number of nitrogens with one attached hydrogen (secondary N) is 1. The third-order valence-electron chi connectivity index (χ3n) is 4.86. The van der Waals surface area contributed by atoms with E-state index in [9.17, 15) is 13.2 Å². The Balaban J connectivity index is 1.54. The molecule has 1 aromatic heterocycles. The number of carbonyl (C=O) groups is 1. The number of benzene rings is 2. The Morgan fingerprint density at radius 3 is 2.52 bits per heavy atom. The van der Waals surface area contributed by atoms with Crippen molar-refractivity contribution in [2.75, 3.05) is 31.6 Å². The van der Waals surface area contributed by atoms with Gasteiger partial charge in [-0.25, -0.2) is 8.42 Å². The number of nitrogens with zero attached hydrogens (tertiary/aromatic N) is 2. The Kier molecular flexibility index (Phi) is 6.10. The van der Waals surface area contributed by atoms with Crippen molar-refractivity contribution in [3.63, 3.8) is 0 Å². The zero-order valence-electron chi connectivity index (χ0n) is 16.7. The molecule has 1 aliphatic heterocycles. The first-order chi connectivity index (χ1) is 14.8. The predicted octanol–water partition coefficient (Wildman–Crippen LogP) is 3.58. The van der Waals surface area contributed by atoms with Gasteiger partial charge in [-0.2, -0.15) is 4.31 Å². The number of hydrogen-bond acceptors (Lipinski definition) is 6. The van der Waals surface area contributed by atoms with E-state index in [1.807, 2.05) is 31.2 Å². The molecule has 0 saturated carbocycles. The number of hydrogen-bond donors (Lipinski definition) is 1. The second-order valence-corrected chi connectivity index (χ2v) is 9.37. The van der Waals surface area contributed by atoms with E-state index in [4.69, 9.17) is 20.9 Å². The number of ether oxygens (including phenoxy) is 1. The Morgan fingerprint density at radius 1 is 1.10 bits per heavy atom. The summed E-state index contributed by atoms with van der Waals surface area (Å²) in [5.41, 5.74) is 2.72. The van der Waals surface area contributed by atoms with E-state index < -0.39 is 15.9 Å². The van der Waals surface area contributed by atoms with E-state index in [1.54, 1.807) is 0 Å². The van der Waals surface area contributed by atoms with Crippen LogP contribution < -0.4 is 5.32 Å². The van der Waals surface area contributed by atoms with Crippen molar-refractivity contribution >= 4 is 33.2 Å². The number of anilines is 1. The van der Waals surface area contributed by atoms with Crippen molar-refractivity contribution in [1.82, 2.24) is 9.46 Å². The molecule has 1 fully saturated rings. The fourth-order valence-corrected chi connectivity index (χ4v) is 5.05. The van der Waals surface area contributed by atoms with Gasteiger partial charge in [0.2, 0.25) is 15.8 Å². The van der Waals surface area contributed by atoms with Gasteiger partial charge in [-0.3, -0.25) is 4.79 Å². The normalized spacial score (nSPS) is 15.0. The van der Waals surface area contributed by atoms with E-state index in [2.05, 4.69) is 10.5 Å². The smallest absolute Gasteiger partial charge is 0.294 e. The number of aryl methyl sites for hydroxylation is 1. The van der Waals surface area contributed by atoms with Gasteiger partial charge < -0.3 is 14.6 Å². The standard InChI is InChI=1S/C21H20ClN3O5S/c1-14-2-4-15(5-3-14)18-13-19(30-24-18)21(26)23-16-6-7-17(22)20(12-16)31(27,28)25-8-10-29-11-9-25/h2-7,12-13H,8-11H2,1H3,(H,23,26). The van der Waals surface area contributed by atoms with Crippen molar-refractivity contribution in [2.24, 2.45) is 0 Å². The molecule has 0 aliphatic carbocycles. The van der Waals surface area contributed by atoms with Crippen molar-refractivity contribution in [1.29, 1.82) is 0 Å². The van der Waals surface area contributed by atoms with Gasteiger partial charge in [-0.1, -0.05) is 46.6 Å². The second kappa shape index (κ2) is 8.80. The van der Waals surface area contributed by atoms with Crippen molar-refractivity contribution in [2.45, 2.75) is 11.8 Å². The summed E-state index contributed by atoms with van der Waals surface area (Å²) in [4.78, 5) is 12.5. The van der Waals surface area contributed by atoms with Crippen LogP contribution in [0.2, 0.25) is 5.02 Å². The Labute approximate surface area is 184 Å². The van der Waals surface area contributed by atoms with Gasteiger partial charge in [0.25, 0.3) is 5.91 Å². The number of morpholine rings is 1. The summed E-state index contributed by atoms with van der Waals surface area (Å²) in [5, 5.41) is 6.65. The van der Waals surface area contributed by atoms with Crippen molar-refractivity contribution in [3.05, 3.63) is 64.9 Å². The summed E-state index contributed by atoms with van der Waals surface area (Å²) in [6, 6.07) is 13.5. The maximum absolute atomic E-state index is 12.9. The molecule has 1 N–H and O–H groups in total. The van der Waals surface area contributed by atoms with Crippen LogP contribution in [0.3, 0.4) is 0 Å². The summed E-state index contributed by atoms with van der Waals surface area (Å²) in [5.74, 6) is -0.550. The van der Waals surface area contributed by atoms with E-state index in [0.717, 1.165) is 11.1 Å². The van der Waals surface area contributed by atoms with Crippen molar-refractivity contribution in [3.8, 4) is 11.3 Å². The number of amides is 1. The lowest BCUT2D eigenvalue weighted by Gasteiger charge is -2.26. The van der Waals surface area contributed by atoms with Crippen LogP contribution in [0.5, 0.6) is 0 Å². The topological polar surface area (TPSA) is 102 Å². The fraction of sp³-hybridized carbons (Fsp3) is 0.238. The number of sulfonamides is 1. The van der Waals surface area contributed by atoms with Gasteiger partial charge in [0, 0.05) is 30.4 Å². The van der Waals surface area contributed by atoms with Crippen LogP contribution in [0, 0.1) is 6.92 Å². The fourth-order valence-electron chi connectivity index (χ4n) is 3.14. The zero-order chi connectivity index (χ0) is 22.0. The quantitative estimate of drug-likeness (QED) is 0.623. The first kappa shape index (κ1) is 21.5. The average Bonchev–Trinajstić information content (AvgIpc) is 3.26. The second-order valence-electron chi connectivity index (χ2n) is 7.06. The lowest BCUT2D eigenvalue weighted by molar-refractivity contribution is 0.0730. The van der Waals surface area contributed by atoms with Gasteiger partial charge in [0.15, 0.2) is 0 Å². The number of halogens is 1.